The van der Waals surface area contributed by atoms with Crippen LogP contribution in [0.5, 0.6) is 0 Å². The lowest BCUT2D eigenvalue weighted by molar-refractivity contribution is 0.571. The fourth-order valence-corrected chi connectivity index (χ4v) is 2.24. The molecule has 0 radical (unpaired) electrons. The van der Waals surface area contributed by atoms with Gasteiger partial charge in [0.05, 0.1) is 0 Å². The van der Waals surface area contributed by atoms with E-state index in [9.17, 15) is 4.39 Å². The van der Waals surface area contributed by atoms with Crippen molar-refractivity contribution in [2.75, 3.05) is 6.54 Å². The summed E-state index contributed by atoms with van der Waals surface area (Å²) in [6, 6.07) is 15.3. The maximum atomic E-state index is 13.0. The van der Waals surface area contributed by atoms with Crippen molar-refractivity contribution in [2.24, 2.45) is 0 Å². The van der Waals surface area contributed by atoms with E-state index in [1.165, 1.54) is 23.3 Å². The average Bonchev–Trinajstić information content (AvgIpc) is 2.45. The van der Waals surface area contributed by atoms with Crippen LogP contribution in [-0.4, -0.2) is 6.54 Å². The summed E-state index contributed by atoms with van der Waals surface area (Å²) >= 11 is 0. The molecule has 1 unspecified atom stereocenters. The highest BCUT2D eigenvalue weighted by Crippen LogP contribution is 2.28. The van der Waals surface area contributed by atoms with Crippen molar-refractivity contribution >= 4 is 0 Å². The highest BCUT2D eigenvalue weighted by Gasteiger charge is 2.10. The molecule has 0 aromatic heterocycles. The second kappa shape index (κ2) is 6.48. The number of hydrogen-bond acceptors (Lipinski definition) is 1. The zero-order valence-corrected chi connectivity index (χ0v) is 11.5. The van der Waals surface area contributed by atoms with Crippen molar-refractivity contribution in [1.29, 1.82) is 0 Å². The van der Waals surface area contributed by atoms with Gasteiger partial charge in [-0.3, -0.25) is 0 Å². The van der Waals surface area contributed by atoms with E-state index in [1.54, 1.807) is 0 Å². The summed E-state index contributed by atoms with van der Waals surface area (Å²) in [5, 5.41) is 3.50. The Morgan fingerprint density at radius 2 is 1.74 bits per heavy atom. The summed E-state index contributed by atoms with van der Waals surface area (Å²) in [5.41, 5.74) is 3.48. The molecule has 1 N–H and O–H groups in total. The summed E-state index contributed by atoms with van der Waals surface area (Å²) in [5.74, 6) is -0.196. The lowest BCUT2D eigenvalue weighted by Crippen LogP contribution is -2.19. The number of benzene rings is 2. The Bertz CT molecular complexity index is 519. The molecule has 0 saturated heterocycles. The first-order valence-corrected chi connectivity index (χ1v) is 6.80. The monoisotopic (exact) mass is 257 g/mol. The molecule has 2 heteroatoms. The van der Waals surface area contributed by atoms with E-state index in [4.69, 9.17) is 0 Å². The van der Waals surface area contributed by atoms with E-state index in [0.29, 0.717) is 6.04 Å². The molecule has 0 spiro atoms. The van der Waals surface area contributed by atoms with Crippen LogP contribution in [0.2, 0.25) is 0 Å². The minimum atomic E-state index is -0.196. The normalized spacial score (nSPS) is 12.4. The number of hydrogen-bond donors (Lipinski definition) is 1. The van der Waals surface area contributed by atoms with Crippen molar-refractivity contribution in [1.82, 2.24) is 5.32 Å². The molecule has 0 amide bonds. The molecule has 0 heterocycles. The third-order valence-electron chi connectivity index (χ3n) is 3.28. The van der Waals surface area contributed by atoms with Crippen LogP contribution >= 0.6 is 0 Å². The van der Waals surface area contributed by atoms with Gasteiger partial charge in [-0.15, -0.1) is 0 Å². The van der Waals surface area contributed by atoms with Crippen molar-refractivity contribution in [2.45, 2.75) is 26.3 Å². The first-order valence-electron chi connectivity index (χ1n) is 6.80. The molecule has 0 aliphatic carbocycles. The first kappa shape index (κ1) is 13.8. The maximum absolute atomic E-state index is 13.0. The molecule has 2 rings (SSSR count). The number of rotatable bonds is 5. The van der Waals surface area contributed by atoms with E-state index in [1.807, 2.05) is 24.3 Å². The average molecular weight is 257 g/mol. The number of nitrogens with one attached hydrogen (secondary N) is 1. The Morgan fingerprint density at radius 3 is 2.42 bits per heavy atom. The molecule has 0 aliphatic heterocycles. The molecule has 2 aromatic rings. The van der Waals surface area contributed by atoms with Crippen molar-refractivity contribution in [3.8, 4) is 11.1 Å². The third-order valence-corrected chi connectivity index (χ3v) is 3.28. The summed E-state index contributed by atoms with van der Waals surface area (Å²) in [4.78, 5) is 0. The van der Waals surface area contributed by atoms with Gasteiger partial charge in [-0.05, 0) is 48.7 Å². The SMILES string of the molecule is CCCNC(C)c1ccccc1-c1ccc(F)cc1. The van der Waals surface area contributed by atoms with E-state index >= 15 is 0 Å². The van der Waals surface area contributed by atoms with Gasteiger partial charge >= 0.3 is 0 Å². The van der Waals surface area contributed by atoms with E-state index < -0.39 is 0 Å². The van der Waals surface area contributed by atoms with Crippen LogP contribution in [0.1, 0.15) is 31.9 Å². The second-order valence-corrected chi connectivity index (χ2v) is 4.77. The molecule has 0 aliphatic rings. The highest BCUT2D eigenvalue weighted by atomic mass is 19.1. The summed E-state index contributed by atoms with van der Waals surface area (Å²) < 4.78 is 13.0. The molecule has 1 atom stereocenters. The van der Waals surface area contributed by atoms with Crippen molar-refractivity contribution in [3.05, 3.63) is 59.9 Å². The van der Waals surface area contributed by atoms with Gasteiger partial charge in [-0.1, -0.05) is 43.3 Å². The Labute approximate surface area is 114 Å². The largest absolute Gasteiger partial charge is 0.310 e. The van der Waals surface area contributed by atoms with Gasteiger partial charge in [0.15, 0.2) is 0 Å². The second-order valence-electron chi connectivity index (χ2n) is 4.77. The summed E-state index contributed by atoms with van der Waals surface area (Å²) in [7, 11) is 0. The van der Waals surface area contributed by atoms with Gasteiger partial charge in [0.1, 0.15) is 5.82 Å². The first-order chi connectivity index (χ1) is 9.22. The van der Waals surface area contributed by atoms with Crippen LogP contribution in [-0.2, 0) is 0 Å². The van der Waals surface area contributed by atoms with Crippen LogP contribution in [0.25, 0.3) is 11.1 Å². The molecular weight excluding hydrogens is 237 g/mol. The van der Waals surface area contributed by atoms with Crippen LogP contribution in [0.3, 0.4) is 0 Å². The van der Waals surface area contributed by atoms with E-state index in [2.05, 4.69) is 31.3 Å². The van der Waals surface area contributed by atoms with Crippen LogP contribution in [0, 0.1) is 5.82 Å². The Hall–Kier alpha value is -1.67. The predicted octanol–water partition coefficient (Wildman–Crippen LogP) is 4.55. The minimum absolute atomic E-state index is 0.196. The molecule has 19 heavy (non-hydrogen) atoms. The fourth-order valence-electron chi connectivity index (χ4n) is 2.24. The smallest absolute Gasteiger partial charge is 0.123 e. The summed E-state index contributed by atoms with van der Waals surface area (Å²) in [6.07, 6.45) is 1.11. The van der Waals surface area contributed by atoms with Gasteiger partial charge < -0.3 is 5.32 Å². The van der Waals surface area contributed by atoms with Gasteiger partial charge in [-0.2, -0.15) is 0 Å². The minimum Gasteiger partial charge on any atom is -0.310 e. The summed E-state index contributed by atoms with van der Waals surface area (Å²) in [6.45, 7) is 5.32. The zero-order valence-electron chi connectivity index (χ0n) is 11.5. The van der Waals surface area contributed by atoms with Crippen LogP contribution in [0.15, 0.2) is 48.5 Å². The Kier molecular flexibility index (Phi) is 4.69. The zero-order chi connectivity index (χ0) is 13.7. The van der Waals surface area contributed by atoms with Gasteiger partial charge in [-0.25, -0.2) is 4.39 Å². The van der Waals surface area contributed by atoms with E-state index in [-0.39, 0.29) is 5.82 Å². The predicted molar refractivity (Wildman–Crippen MR) is 78.5 cm³/mol. The Balaban J connectivity index is 2.32. The molecule has 0 saturated carbocycles. The van der Waals surface area contributed by atoms with Gasteiger partial charge in [0.25, 0.3) is 0 Å². The van der Waals surface area contributed by atoms with Crippen LogP contribution in [0.4, 0.5) is 4.39 Å². The maximum Gasteiger partial charge on any atom is 0.123 e. The van der Waals surface area contributed by atoms with Crippen LogP contribution < -0.4 is 5.32 Å². The van der Waals surface area contributed by atoms with Crippen molar-refractivity contribution in [3.63, 3.8) is 0 Å². The molecular formula is C17H20FN. The lowest BCUT2D eigenvalue weighted by atomic mass is 9.95. The molecule has 0 fully saturated rings. The lowest BCUT2D eigenvalue weighted by Gasteiger charge is -2.18. The number of halogens is 1. The standard InChI is InChI=1S/C17H20FN/c1-3-12-19-13(2)16-6-4-5-7-17(16)14-8-10-15(18)11-9-14/h4-11,13,19H,3,12H2,1-2H3. The molecule has 0 bridgehead atoms. The molecule has 1 nitrogen and oxygen atoms in total. The molecule has 2 aromatic carbocycles. The van der Waals surface area contributed by atoms with E-state index in [0.717, 1.165) is 18.5 Å². The fraction of sp³-hybridized carbons (Fsp3) is 0.294. The highest BCUT2D eigenvalue weighted by molar-refractivity contribution is 5.67. The van der Waals surface area contributed by atoms with Gasteiger partial charge in [0, 0.05) is 6.04 Å². The third kappa shape index (κ3) is 3.42. The molecule has 100 valence electrons. The van der Waals surface area contributed by atoms with Crippen molar-refractivity contribution < 1.29 is 4.39 Å². The quantitative estimate of drug-likeness (QED) is 0.828. The topological polar surface area (TPSA) is 12.0 Å². The Morgan fingerprint density at radius 1 is 1.05 bits per heavy atom. The van der Waals surface area contributed by atoms with Gasteiger partial charge in [0.2, 0.25) is 0 Å².